The molecule has 2 unspecified atom stereocenters. The van der Waals surface area contributed by atoms with Gasteiger partial charge in [-0.1, -0.05) is 51.4 Å². The molecule has 3 N–H and O–H groups in total. The summed E-state index contributed by atoms with van der Waals surface area (Å²) in [5.41, 5.74) is -0.654. The second-order valence-corrected chi connectivity index (χ2v) is 21.6. The number of aromatic nitrogens is 1. The number of hydrogen-bond donors (Lipinski definition) is 3. The monoisotopic (exact) mass is 952 g/mol. The van der Waals surface area contributed by atoms with Crippen molar-refractivity contribution in [1.29, 1.82) is 0 Å². The summed E-state index contributed by atoms with van der Waals surface area (Å²) in [6, 6.07) is 5.06. The van der Waals surface area contributed by atoms with E-state index >= 15 is 0 Å². The minimum atomic E-state index is -1.29. The Kier molecular flexibility index (Phi) is 15.5. The fourth-order valence-electron chi connectivity index (χ4n) is 11.2. The number of thioether (sulfide) groups is 1. The molecule has 6 aliphatic rings. The molecule has 66 heavy (non-hydrogen) atoms. The first-order chi connectivity index (χ1) is 31.5. The fraction of sp³-hybridized carbons (Fsp3) is 0.640. The van der Waals surface area contributed by atoms with Crippen molar-refractivity contribution in [2.75, 3.05) is 19.0 Å². The zero-order valence-electron chi connectivity index (χ0n) is 38.8. The van der Waals surface area contributed by atoms with Gasteiger partial charge in [0.25, 0.3) is 0 Å². The van der Waals surface area contributed by atoms with E-state index in [0.29, 0.717) is 54.2 Å². The van der Waals surface area contributed by atoms with Crippen LogP contribution in [-0.2, 0) is 28.7 Å². The molecular weight excluding hydrogens is 888 g/mol. The SMILES string of the molecule is CCSC(C)CC1CC(=O)C(/C(CC)=N/OC/C=C/Cl)=C(O)C1.C[C@]1(COC(=O)C2CC2)[C@@H]2C[C@H](O)[C@@]3(C)Oc4cc(-c5cccnc5)oc(=O)c4[C@H](O)[C@@H]3[C@@]2(C)CC[C@@H]1OC(=O)C1CC1. The Morgan fingerprint density at radius 2 is 1.80 bits per heavy atom. The van der Waals surface area contributed by atoms with Crippen molar-refractivity contribution in [3.8, 4) is 17.1 Å². The molecule has 0 amide bonds. The van der Waals surface area contributed by atoms with Crippen molar-refractivity contribution in [3.63, 3.8) is 0 Å². The number of allylic oxidation sites excluding steroid dienone is 2. The molecule has 10 atom stereocenters. The minimum absolute atomic E-state index is 0.0216. The van der Waals surface area contributed by atoms with Gasteiger partial charge in [-0.2, -0.15) is 11.8 Å². The quantitative estimate of drug-likeness (QED) is 0.0661. The van der Waals surface area contributed by atoms with E-state index in [-0.39, 0.29) is 83.9 Å². The van der Waals surface area contributed by atoms with Crippen LogP contribution in [-0.4, -0.2) is 85.8 Å². The lowest BCUT2D eigenvalue weighted by atomic mass is 9.42. The van der Waals surface area contributed by atoms with Gasteiger partial charge < -0.3 is 38.8 Å². The Balaban J connectivity index is 0.000000240. The van der Waals surface area contributed by atoms with Crippen LogP contribution in [0.2, 0.25) is 0 Å². The molecule has 0 saturated heterocycles. The minimum Gasteiger partial charge on any atom is -0.511 e. The van der Waals surface area contributed by atoms with Gasteiger partial charge in [0.1, 0.15) is 47.8 Å². The van der Waals surface area contributed by atoms with Crippen LogP contribution in [0.1, 0.15) is 124 Å². The maximum absolute atomic E-state index is 13.4. The number of carbonyl (C=O) groups is 3. The number of fused-ring (bicyclic) bond motifs is 4. The molecule has 0 radical (unpaired) electrons. The molecule has 14 nitrogen and oxygen atoms in total. The summed E-state index contributed by atoms with van der Waals surface area (Å²) in [4.78, 5) is 60.6. The molecule has 0 bridgehead atoms. The first kappa shape index (κ1) is 49.7. The van der Waals surface area contributed by atoms with Gasteiger partial charge >= 0.3 is 17.6 Å². The first-order valence-corrected chi connectivity index (χ1v) is 25.0. The normalized spacial score (nSPS) is 32.2. The first-order valence-electron chi connectivity index (χ1n) is 23.5. The maximum Gasteiger partial charge on any atom is 0.345 e. The second-order valence-electron chi connectivity index (χ2n) is 19.6. The third kappa shape index (κ3) is 10.3. The number of hydrogen-bond acceptors (Lipinski definition) is 15. The van der Waals surface area contributed by atoms with Crippen LogP contribution in [0.5, 0.6) is 5.75 Å². The molecule has 4 saturated carbocycles. The van der Waals surface area contributed by atoms with Crippen molar-refractivity contribution in [1.82, 2.24) is 4.98 Å². The van der Waals surface area contributed by atoms with Gasteiger partial charge in [0.15, 0.2) is 5.78 Å². The van der Waals surface area contributed by atoms with E-state index in [0.717, 1.165) is 37.9 Å². The van der Waals surface area contributed by atoms with Crippen molar-refractivity contribution < 1.29 is 53.2 Å². The third-order valence-electron chi connectivity index (χ3n) is 14.9. The van der Waals surface area contributed by atoms with Crippen LogP contribution < -0.4 is 10.4 Å². The van der Waals surface area contributed by atoms with Crippen LogP contribution in [0.25, 0.3) is 11.3 Å². The van der Waals surface area contributed by atoms with Crippen LogP contribution >= 0.6 is 23.4 Å². The second kappa shape index (κ2) is 20.6. The Hall–Kier alpha value is -4.18. The standard InChI is InChI=1S/C33H39NO9.C17H26ClNO3S/c1-31-11-10-24(42-29(38)18-8-9-18)32(2,16-40-28(37)17-6-7-17)22(31)14-23(35)33(3)27(31)26(36)25-21(43-33)13-20(41-30(25)39)19-5-4-12-34-15-19;1-4-14(19-22-8-6-7-18)17-15(20)10-13(11-16(17)21)9-12(3)23-5-2/h4-5,12-13,15,17-18,22-24,26-27,35-36H,6-11,14,16H2,1-3H3;6-7,12-13,20H,4-5,8-11H2,1-3H3/b;7-6+,19-14+/t22-,23+,24+,26+,27-,31+,32+,33-;/m1./s1. The number of Topliss-reactive ketones (excluding diaryl/α,β-unsaturated/α-hetero) is 1. The number of pyridine rings is 1. The largest absolute Gasteiger partial charge is 0.511 e. The zero-order valence-corrected chi connectivity index (χ0v) is 40.4. The van der Waals surface area contributed by atoms with Crippen molar-refractivity contribution in [2.45, 2.75) is 141 Å². The molecule has 16 heteroatoms. The van der Waals surface area contributed by atoms with E-state index in [1.807, 2.05) is 25.6 Å². The maximum atomic E-state index is 13.4. The number of ether oxygens (including phenoxy) is 3. The van der Waals surface area contributed by atoms with Gasteiger partial charge in [0.2, 0.25) is 0 Å². The van der Waals surface area contributed by atoms with E-state index < -0.39 is 46.3 Å². The van der Waals surface area contributed by atoms with Crippen molar-refractivity contribution in [3.05, 3.63) is 69.5 Å². The topological polar surface area (TPSA) is 204 Å². The smallest absolute Gasteiger partial charge is 0.345 e. The summed E-state index contributed by atoms with van der Waals surface area (Å²) in [7, 11) is 0. The number of esters is 2. The highest BCUT2D eigenvalue weighted by Crippen LogP contribution is 2.67. The number of nitrogens with zero attached hydrogens (tertiary/aromatic N) is 2. The molecule has 0 aromatic carbocycles. The lowest BCUT2D eigenvalue weighted by molar-refractivity contribution is -0.267. The van der Waals surface area contributed by atoms with Crippen LogP contribution in [0.15, 0.2) is 67.9 Å². The van der Waals surface area contributed by atoms with Gasteiger partial charge in [-0.3, -0.25) is 19.4 Å². The molecule has 8 rings (SSSR count). The summed E-state index contributed by atoms with van der Waals surface area (Å²) in [6.45, 7) is 12.3. The molecule has 0 spiro atoms. The molecule has 360 valence electrons. The number of carbonyl (C=O) groups excluding carboxylic acids is 3. The number of ketones is 1. The zero-order chi connectivity index (χ0) is 47.6. The van der Waals surface area contributed by atoms with Crippen molar-refractivity contribution >= 4 is 46.8 Å². The highest BCUT2D eigenvalue weighted by Gasteiger charge is 2.70. The third-order valence-corrected chi connectivity index (χ3v) is 16.1. The summed E-state index contributed by atoms with van der Waals surface area (Å²) in [5.74, 6) is 0.124. The molecule has 2 aromatic heterocycles. The van der Waals surface area contributed by atoms with Gasteiger partial charge in [-0.15, -0.1) is 0 Å². The Morgan fingerprint density at radius 1 is 1.08 bits per heavy atom. The van der Waals surface area contributed by atoms with Crippen LogP contribution in [0.4, 0.5) is 0 Å². The molecular formula is C50H65ClN2O12S. The molecule has 4 fully saturated rings. The average molecular weight is 954 g/mol. The van der Waals surface area contributed by atoms with Crippen LogP contribution in [0.3, 0.4) is 0 Å². The highest BCUT2D eigenvalue weighted by atomic mass is 35.5. The fourth-order valence-corrected chi connectivity index (χ4v) is 12.3. The number of aliphatic hydroxyl groups is 3. The van der Waals surface area contributed by atoms with Gasteiger partial charge in [-0.05, 0) is 106 Å². The Morgan fingerprint density at radius 3 is 2.44 bits per heavy atom. The summed E-state index contributed by atoms with van der Waals surface area (Å²) in [6.07, 6.45) is 8.97. The molecule has 2 aromatic rings. The van der Waals surface area contributed by atoms with Gasteiger partial charge in [0.05, 0.1) is 35.3 Å². The predicted octanol–water partition coefficient (Wildman–Crippen LogP) is 8.81. The summed E-state index contributed by atoms with van der Waals surface area (Å²) in [5, 5.41) is 38.7. The van der Waals surface area contributed by atoms with E-state index in [1.165, 1.54) is 5.54 Å². The molecule has 3 heterocycles. The van der Waals surface area contributed by atoms with Gasteiger partial charge in [0, 0.05) is 59.0 Å². The van der Waals surface area contributed by atoms with Gasteiger partial charge in [-0.25, -0.2) is 4.79 Å². The predicted molar refractivity (Wildman–Crippen MR) is 250 cm³/mol. The number of aliphatic hydroxyl groups excluding tert-OH is 3. The molecule has 1 aliphatic heterocycles. The van der Waals surface area contributed by atoms with E-state index in [4.69, 9.17) is 35.1 Å². The Labute approximate surface area is 395 Å². The lowest BCUT2D eigenvalue weighted by Gasteiger charge is -2.66. The van der Waals surface area contributed by atoms with Crippen LogP contribution in [0, 0.1) is 40.4 Å². The van der Waals surface area contributed by atoms with E-state index in [2.05, 4.69) is 30.9 Å². The molecule has 5 aliphatic carbocycles. The summed E-state index contributed by atoms with van der Waals surface area (Å²) >= 11 is 7.30. The van der Waals surface area contributed by atoms with E-state index in [9.17, 15) is 34.5 Å². The number of halogens is 1. The average Bonchev–Trinajstić information content (AvgIpc) is 4.21. The summed E-state index contributed by atoms with van der Waals surface area (Å²) < 4.78 is 24.2. The highest BCUT2D eigenvalue weighted by molar-refractivity contribution is 7.99. The number of oxime groups is 1. The lowest BCUT2D eigenvalue weighted by Crippen LogP contribution is -2.71. The van der Waals surface area contributed by atoms with E-state index in [1.54, 1.807) is 43.6 Å². The Bertz CT molecular complexity index is 2260. The number of rotatable bonds is 15. The van der Waals surface area contributed by atoms with Crippen molar-refractivity contribution in [2.24, 2.45) is 45.6 Å².